The van der Waals surface area contributed by atoms with Crippen LogP contribution in [0.4, 0.5) is 5.69 Å². The molecule has 5 heteroatoms. The van der Waals surface area contributed by atoms with Crippen LogP contribution in [0.2, 0.25) is 0 Å². The molecule has 1 aromatic heterocycles. The van der Waals surface area contributed by atoms with Crippen LogP contribution in [-0.2, 0) is 0 Å². The Morgan fingerprint density at radius 1 is 1.61 bits per heavy atom. The summed E-state index contributed by atoms with van der Waals surface area (Å²) in [6.07, 6.45) is 3.62. The number of hydrogen-bond acceptors (Lipinski definition) is 3. The Labute approximate surface area is 107 Å². The van der Waals surface area contributed by atoms with Gasteiger partial charge in [0.05, 0.1) is 18.3 Å². The van der Waals surface area contributed by atoms with Crippen molar-refractivity contribution in [2.75, 3.05) is 18.9 Å². The Morgan fingerprint density at radius 3 is 2.94 bits per heavy atom. The second-order valence-corrected chi connectivity index (χ2v) is 5.14. The van der Waals surface area contributed by atoms with Crippen LogP contribution in [0.25, 0.3) is 0 Å². The van der Waals surface area contributed by atoms with E-state index in [2.05, 4.69) is 0 Å². The highest BCUT2D eigenvalue weighted by atomic mass is 16.3. The number of rotatable bonds is 3. The van der Waals surface area contributed by atoms with E-state index >= 15 is 0 Å². The molecule has 1 atom stereocenters. The van der Waals surface area contributed by atoms with Crippen molar-refractivity contribution >= 4 is 11.6 Å². The number of nitrogen functional groups attached to an aromatic ring is 1. The lowest BCUT2D eigenvalue weighted by Crippen LogP contribution is -2.38. The minimum Gasteiger partial charge on any atom is -0.397 e. The van der Waals surface area contributed by atoms with Gasteiger partial charge >= 0.3 is 0 Å². The molecule has 1 aliphatic heterocycles. The fourth-order valence-electron chi connectivity index (χ4n) is 2.54. The van der Waals surface area contributed by atoms with Gasteiger partial charge in [0.1, 0.15) is 5.69 Å². The third-order valence-electron chi connectivity index (χ3n) is 3.49. The quantitative estimate of drug-likeness (QED) is 0.849. The molecule has 1 amide bonds. The van der Waals surface area contributed by atoms with Crippen LogP contribution in [0.5, 0.6) is 0 Å². The molecule has 18 heavy (non-hydrogen) atoms. The summed E-state index contributed by atoms with van der Waals surface area (Å²) in [5.41, 5.74) is 7.00. The molecule has 1 aromatic rings. The Hall–Kier alpha value is -1.49. The summed E-state index contributed by atoms with van der Waals surface area (Å²) in [4.78, 5) is 14.3. The van der Waals surface area contributed by atoms with Crippen LogP contribution >= 0.6 is 0 Å². The number of carbonyl (C=O) groups is 1. The number of aromatic nitrogens is 1. The van der Waals surface area contributed by atoms with Gasteiger partial charge in [0.15, 0.2) is 0 Å². The number of aliphatic hydroxyl groups excluding tert-OH is 1. The SMILES string of the molecule is CC(C)n1cc(N)cc1C(=O)N1CCC[C@H]1CO. The summed E-state index contributed by atoms with van der Waals surface area (Å²) in [6.45, 7) is 4.78. The van der Waals surface area contributed by atoms with Crippen molar-refractivity contribution in [1.82, 2.24) is 9.47 Å². The number of nitrogens with two attached hydrogens (primary N) is 1. The predicted molar refractivity (Wildman–Crippen MR) is 70.4 cm³/mol. The number of likely N-dealkylation sites (tertiary alicyclic amines) is 1. The van der Waals surface area contributed by atoms with Crippen LogP contribution in [0.1, 0.15) is 43.2 Å². The van der Waals surface area contributed by atoms with E-state index in [-0.39, 0.29) is 24.6 Å². The second kappa shape index (κ2) is 5.02. The molecule has 2 rings (SSSR count). The molecule has 100 valence electrons. The molecule has 1 saturated heterocycles. The number of amides is 1. The fourth-order valence-corrected chi connectivity index (χ4v) is 2.54. The molecule has 0 saturated carbocycles. The molecule has 0 spiro atoms. The molecular weight excluding hydrogens is 230 g/mol. The van der Waals surface area contributed by atoms with E-state index in [4.69, 9.17) is 5.73 Å². The van der Waals surface area contributed by atoms with Gasteiger partial charge in [0.2, 0.25) is 0 Å². The van der Waals surface area contributed by atoms with Gasteiger partial charge in [-0.2, -0.15) is 0 Å². The minimum atomic E-state index is -0.0470. The van der Waals surface area contributed by atoms with Crippen LogP contribution in [0.15, 0.2) is 12.3 Å². The van der Waals surface area contributed by atoms with Crippen LogP contribution in [0, 0.1) is 0 Å². The summed E-state index contributed by atoms with van der Waals surface area (Å²) in [5.74, 6) is -0.0306. The number of hydrogen-bond donors (Lipinski definition) is 2. The van der Waals surface area contributed by atoms with Gasteiger partial charge in [-0.05, 0) is 32.8 Å². The van der Waals surface area contributed by atoms with E-state index in [0.717, 1.165) is 12.8 Å². The van der Waals surface area contributed by atoms with Crippen molar-refractivity contribution in [2.45, 2.75) is 38.8 Å². The first-order valence-corrected chi connectivity index (χ1v) is 6.43. The Kier molecular flexibility index (Phi) is 3.61. The van der Waals surface area contributed by atoms with Gasteiger partial charge in [-0.15, -0.1) is 0 Å². The molecule has 0 radical (unpaired) electrons. The van der Waals surface area contributed by atoms with Crippen molar-refractivity contribution in [3.63, 3.8) is 0 Å². The van der Waals surface area contributed by atoms with Crippen molar-refractivity contribution in [1.29, 1.82) is 0 Å². The van der Waals surface area contributed by atoms with Crippen molar-refractivity contribution < 1.29 is 9.90 Å². The topological polar surface area (TPSA) is 71.5 Å². The van der Waals surface area contributed by atoms with Gasteiger partial charge in [-0.3, -0.25) is 4.79 Å². The summed E-state index contributed by atoms with van der Waals surface area (Å²) < 4.78 is 1.89. The molecular formula is C13H21N3O2. The maximum atomic E-state index is 12.5. The standard InChI is InChI=1S/C13H21N3O2/c1-9(2)16-7-10(14)6-12(16)13(18)15-5-3-4-11(15)8-17/h6-7,9,11,17H,3-5,8,14H2,1-2H3/t11-/m0/s1. The lowest BCUT2D eigenvalue weighted by molar-refractivity contribution is 0.0665. The van der Waals surface area contributed by atoms with Gasteiger partial charge < -0.3 is 20.3 Å². The smallest absolute Gasteiger partial charge is 0.270 e. The molecule has 0 aromatic carbocycles. The van der Waals surface area contributed by atoms with Crippen molar-refractivity contribution in [2.24, 2.45) is 0 Å². The van der Waals surface area contributed by atoms with Gasteiger partial charge in [0.25, 0.3) is 5.91 Å². The molecule has 1 aliphatic rings. The Morgan fingerprint density at radius 2 is 2.33 bits per heavy atom. The normalized spacial score (nSPS) is 19.8. The maximum Gasteiger partial charge on any atom is 0.270 e. The van der Waals surface area contributed by atoms with E-state index in [0.29, 0.717) is 17.9 Å². The molecule has 5 nitrogen and oxygen atoms in total. The summed E-state index contributed by atoms with van der Waals surface area (Å²) in [7, 11) is 0. The summed E-state index contributed by atoms with van der Waals surface area (Å²) in [5, 5.41) is 9.29. The third kappa shape index (κ3) is 2.22. The van der Waals surface area contributed by atoms with Crippen LogP contribution in [0.3, 0.4) is 0 Å². The highest BCUT2D eigenvalue weighted by molar-refractivity contribution is 5.94. The van der Waals surface area contributed by atoms with Gasteiger partial charge in [-0.25, -0.2) is 0 Å². The average molecular weight is 251 g/mol. The Balaban J connectivity index is 2.28. The largest absolute Gasteiger partial charge is 0.397 e. The van der Waals surface area contributed by atoms with Crippen LogP contribution < -0.4 is 5.73 Å². The molecule has 0 aliphatic carbocycles. The Bertz CT molecular complexity index is 439. The summed E-state index contributed by atoms with van der Waals surface area (Å²) >= 11 is 0. The molecule has 1 fully saturated rings. The predicted octanol–water partition coefficient (Wildman–Crippen LogP) is 1.25. The lowest BCUT2D eigenvalue weighted by atomic mass is 10.2. The monoisotopic (exact) mass is 251 g/mol. The van der Waals surface area contributed by atoms with E-state index in [9.17, 15) is 9.90 Å². The lowest BCUT2D eigenvalue weighted by Gasteiger charge is -2.24. The first kappa shape index (κ1) is 13.0. The minimum absolute atomic E-state index is 0.0306. The molecule has 0 bridgehead atoms. The first-order chi connectivity index (χ1) is 8.54. The summed E-state index contributed by atoms with van der Waals surface area (Å²) in [6, 6.07) is 1.86. The number of aliphatic hydroxyl groups is 1. The zero-order valence-corrected chi connectivity index (χ0v) is 11.0. The maximum absolute atomic E-state index is 12.5. The molecule has 2 heterocycles. The van der Waals surface area contributed by atoms with E-state index in [1.807, 2.05) is 18.4 Å². The van der Waals surface area contributed by atoms with Gasteiger partial charge in [-0.1, -0.05) is 0 Å². The van der Waals surface area contributed by atoms with Crippen molar-refractivity contribution in [3.05, 3.63) is 18.0 Å². The van der Waals surface area contributed by atoms with E-state index < -0.39 is 0 Å². The fraction of sp³-hybridized carbons (Fsp3) is 0.615. The highest BCUT2D eigenvalue weighted by Gasteiger charge is 2.30. The molecule has 0 unspecified atom stereocenters. The van der Waals surface area contributed by atoms with E-state index in [1.54, 1.807) is 17.2 Å². The number of nitrogens with zero attached hydrogens (tertiary/aromatic N) is 2. The van der Waals surface area contributed by atoms with Crippen molar-refractivity contribution in [3.8, 4) is 0 Å². The van der Waals surface area contributed by atoms with Crippen LogP contribution in [-0.4, -0.2) is 39.7 Å². The second-order valence-electron chi connectivity index (χ2n) is 5.14. The highest BCUT2D eigenvalue weighted by Crippen LogP contribution is 2.23. The number of carbonyl (C=O) groups excluding carboxylic acids is 1. The molecule has 3 N–H and O–H groups in total. The van der Waals surface area contributed by atoms with E-state index in [1.165, 1.54) is 0 Å². The van der Waals surface area contributed by atoms with Gasteiger partial charge in [0, 0.05) is 18.8 Å². The zero-order chi connectivity index (χ0) is 13.3. The first-order valence-electron chi connectivity index (χ1n) is 6.43. The average Bonchev–Trinajstić information content (AvgIpc) is 2.93. The third-order valence-corrected chi connectivity index (χ3v) is 3.49. The zero-order valence-electron chi connectivity index (χ0n) is 11.0. The number of anilines is 1.